The van der Waals surface area contributed by atoms with E-state index in [9.17, 15) is 9.90 Å². The summed E-state index contributed by atoms with van der Waals surface area (Å²) < 4.78 is 5.28. The first kappa shape index (κ1) is 18.1. The van der Waals surface area contributed by atoms with Crippen LogP contribution in [0.2, 0.25) is 0 Å². The van der Waals surface area contributed by atoms with Crippen molar-refractivity contribution in [2.24, 2.45) is 0 Å². The summed E-state index contributed by atoms with van der Waals surface area (Å²) in [7, 11) is 3.42. The Bertz CT molecular complexity index is 997. The predicted molar refractivity (Wildman–Crippen MR) is 103 cm³/mol. The molecule has 136 valence electrons. The van der Waals surface area contributed by atoms with Crippen LogP contribution in [-0.2, 0) is 13.1 Å². The van der Waals surface area contributed by atoms with Gasteiger partial charge in [0.2, 0.25) is 0 Å². The molecule has 2 aromatic carbocycles. The van der Waals surface area contributed by atoms with Crippen LogP contribution in [0.15, 0.2) is 30.3 Å². The lowest BCUT2D eigenvalue weighted by atomic mass is 9.98. The number of aromatic hydroxyl groups is 1. The van der Waals surface area contributed by atoms with E-state index in [1.165, 1.54) is 12.7 Å². The van der Waals surface area contributed by atoms with Crippen molar-refractivity contribution in [2.45, 2.75) is 13.1 Å². The number of H-pyrrole nitrogens is 1. The number of amides is 1. The number of ether oxygens (including phenoxy) is 1. The Kier molecular flexibility index (Phi) is 4.80. The van der Waals surface area contributed by atoms with Crippen molar-refractivity contribution in [3.8, 4) is 22.8 Å². The van der Waals surface area contributed by atoms with Crippen LogP contribution in [0.1, 0.15) is 21.5 Å². The van der Waals surface area contributed by atoms with E-state index in [2.05, 4.69) is 27.8 Å². The maximum atomic E-state index is 12.3. The maximum Gasteiger partial charge on any atom is 0.252 e. The molecule has 4 N–H and O–H groups in total. The quantitative estimate of drug-likeness (QED) is 0.566. The number of nitrogens with one attached hydrogen (secondary N) is 3. The first-order chi connectivity index (χ1) is 12.1. The number of hydrogen-bond donors (Lipinski definition) is 4. The van der Waals surface area contributed by atoms with Crippen molar-refractivity contribution in [3.63, 3.8) is 0 Å². The summed E-state index contributed by atoms with van der Waals surface area (Å²) in [6, 6.07) is 9.94. The Morgan fingerprint density at radius 2 is 2.08 bits per heavy atom. The number of aromatic nitrogens is 1. The fourth-order valence-electron chi connectivity index (χ4n) is 3.40. The topological polar surface area (TPSA) is 86.4 Å². The molecule has 26 heavy (non-hydrogen) atoms. The fraction of sp³-hybridized carbons (Fsp3) is 0.211. The number of carbonyl (C=O) groups excluding carboxylic acids is 1. The molecular weight excluding hydrogens is 354 g/mol. The first-order valence-corrected chi connectivity index (χ1v) is 8.10. The zero-order valence-corrected chi connectivity index (χ0v) is 15.3. The molecule has 0 bridgehead atoms. The number of carbonyl (C=O) groups is 1. The van der Waals surface area contributed by atoms with Gasteiger partial charge in [0.05, 0.1) is 12.7 Å². The van der Waals surface area contributed by atoms with Gasteiger partial charge in [-0.3, -0.25) is 4.79 Å². The van der Waals surface area contributed by atoms with E-state index in [0.717, 1.165) is 28.7 Å². The molecule has 0 radical (unpaired) electrons. The van der Waals surface area contributed by atoms with Gasteiger partial charge in [0.1, 0.15) is 0 Å². The highest BCUT2D eigenvalue weighted by atomic mass is 35.5. The molecule has 6 nitrogen and oxygen atoms in total. The zero-order chi connectivity index (χ0) is 17.6. The summed E-state index contributed by atoms with van der Waals surface area (Å²) in [5, 5.41) is 17.3. The van der Waals surface area contributed by atoms with E-state index in [0.29, 0.717) is 23.4 Å². The molecule has 7 heteroatoms. The van der Waals surface area contributed by atoms with Crippen molar-refractivity contribution in [2.75, 3.05) is 14.2 Å². The van der Waals surface area contributed by atoms with E-state index >= 15 is 0 Å². The number of halogens is 1. The molecule has 0 spiro atoms. The van der Waals surface area contributed by atoms with E-state index < -0.39 is 0 Å². The highest BCUT2D eigenvalue weighted by molar-refractivity contribution is 6.06. The van der Waals surface area contributed by atoms with Crippen molar-refractivity contribution < 1.29 is 14.6 Å². The largest absolute Gasteiger partial charge is 0.504 e. The summed E-state index contributed by atoms with van der Waals surface area (Å²) in [6.45, 7) is 1.10. The highest BCUT2D eigenvalue weighted by Gasteiger charge is 2.29. The first-order valence-electron chi connectivity index (χ1n) is 8.10. The third-order valence-corrected chi connectivity index (χ3v) is 4.59. The minimum atomic E-state index is -0.183. The molecule has 3 aromatic rings. The Morgan fingerprint density at radius 3 is 2.81 bits per heavy atom. The van der Waals surface area contributed by atoms with Crippen LogP contribution in [0.5, 0.6) is 11.5 Å². The standard InChI is InChI=1S/C19H19N3O3.ClH/c1-20-8-10-3-4-14-11(5-10)6-15(22-14)12-7-16(25-2)18(23)13-9-21-19(24)17(12)13;/h3-7,20,22-23H,8-9H2,1-2H3,(H,21,24);1H. The van der Waals surface area contributed by atoms with Gasteiger partial charge in [0.25, 0.3) is 5.91 Å². The number of phenols is 1. The number of hydrogen-bond acceptors (Lipinski definition) is 4. The van der Waals surface area contributed by atoms with Gasteiger partial charge >= 0.3 is 0 Å². The lowest BCUT2D eigenvalue weighted by Crippen LogP contribution is -2.13. The monoisotopic (exact) mass is 373 g/mol. The normalized spacial score (nSPS) is 12.6. The van der Waals surface area contributed by atoms with Gasteiger partial charge in [-0.2, -0.15) is 0 Å². The third kappa shape index (κ3) is 2.77. The van der Waals surface area contributed by atoms with E-state index in [4.69, 9.17) is 4.74 Å². The van der Waals surface area contributed by atoms with E-state index in [1.807, 2.05) is 19.2 Å². The molecule has 0 saturated carbocycles. The maximum absolute atomic E-state index is 12.3. The highest BCUT2D eigenvalue weighted by Crippen LogP contribution is 2.41. The molecule has 0 aliphatic carbocycles. The molecule has 0 fully saturated rings. The van der Waals surface area contributed by atoms with Crippen LogP contribution in [0.3, 0.4) is 0 Å². The lowest BCUT2D eigenvalue weighted by Gasteiger charge is -2.11. The van der Waals surface area contributed by atoms with Crippen LogP contribution in [-0.4, -0.2) is 30.2 Å². The number of fused-ring (bicyclic) bond motifs is 2. The van der Waals surface area contributed by atoms with Crippen LogP contribution >= 0.6 is 12.4 Å². The molecule has 0 unspecified atom stereocenters. The molecule has 4 rings (SSSR count). The van der Waals surface area contributed by atoms with Crippen LogP contribution in [0, 0.1) is 0 Å². The summed E-state index contributed by atoms with van der Waals surface area (Å²) in [5.41, 5.74) is 4.81. The predicted octanol–water partition coefficient (Wildman–Crippen LogP) is 2.93. The van der Waals surface area contributed by atoms with Gasteiger partial charge in [-0.25, -0.2) is 0 Å². The third-order valence-electron chi connectivity index (χ3n) is 4.59. The summed E-state index contributed by atoms with van der Waals surface area (Å²) in [6.07, 6.45) is 0. The Labute approximate surface area is 157 Å². The van der Waals surface area contributed by atoms with Crippen molar-refractivity contribution in [1.29, 1.82) is 0 Å². The van der Waals surface area contributed by atoms with Crippen molar-refractivity contribution in [3.05, 3.63) is 47.0 Å². The summed E-state index contributed by atoms with van der Waals surface area (Å²) in [4.78, 5) is 15.6. The average Bonchev–Trinajstić information content (AvgIpc) is 3.20. The molecule has 0 atom stereocenters. The van der Waals surface area contributed by atoms with Gasteiger partial charge in [-0.1, -0.05) is 6.07 Å². The number of methoxy groups -OCH3 is 1. The smallest absolute Gasteiger partial charge is 0.252 e. The zero-order valence-electron chi connectivity index (χ0n) is 14.5. The molecule has 0 saturated heterocycles. The SMILES string of the molecule is CNCc1ccc2[nH]c(-c3cc(OC)c(O)c4c3C(=O)NC4)cc2c1.Cl. The lowest BCUT2D eigenvalue weighted by molar-refractivity contribution is 0.0966. The summed E-state index contributed by atoms with van der Waals surface area (Å²) in [5.74, 6) is 0.198. The molecule has 1 aliphatic heterocycles. The minimum Gasteiger partial charge on any atom is -0.504 e. The Hall–Kier alpha value is -2.70. The average molecular weight is 374 g/mol. The van der Waals surface area contributed by atoms with Crippen LogP contribution in [0.4, 0.5) is 0 Å². The second-order valence-electron chi connectivity index (χ2n) is 6.15. The van der Waals surface area contributed by atoms with Gasteiger partial charge in [0.15, 0.2) is 11.5 Å². The number of phenolic OH excluding ortho intramolecular Hbond substituents is 1. The molecule has 1 aliphatic rings. The molecular formula is C19H20ClN3O3. The van der Waals surface area contributed by atoms with Gasteiger partial charge in [0, 0.05) is 40.8 Å². The van der Waals surface area contributed by atoms with Crippen molar-refractivity contribution >= 4 is 29.2 Å². The van der Waals surface area contributed by atoms with Gasteiger partial charge < -0.3 is 25.5 Å². The molecule has 2 heterocycles. The van der Waals surface area contributed by atoms with Gasteiger partial charge in [-0.05, 0) is 36.9 Å². The Balaban J connectivity index is 0.00000196. The number of aromatic amines is 1. The Morgan fingerprint density at radius 1 is 1.27 bits per heavy atom. The van der Waals surface area contributed by atoms with Crippen LogP contribution < -0.4 is 15.4 Å². The minimum absolute atomic E-state index is 0. The van der Waals surface area contributed by atoms with Gasteiger partial charge in [-0.15, -0.1) is 12.4 Å². The second-order valence-corrected chi connectivity index (χ2v) is 6.15. The summed E-state index contributed by atoms with van der Waals surface area (Å²) >= 11 is 0. The van der Waals surface area contributed by atoms with Crippen molar-refractivity contribution in [1.82, 2.24) is 15.6 Å². The molecule has 1 amide bonds. The van der Waals surface area contributed by atoms with E-state index in [1.54, 1.807) is 6.07 Å². The number of benzene rings is 2. The number of rotatable bonds is 4. The fourth-order valence-corrected chi connectivity index (χ4v) is 3.40. The molecule has 1 aromatic heterocycles. The van der Waals surface area contributed by atoms with E-state index in [-0.39, 0.29) is 24.1 Å². The van der Waals surface area contributed by atoms with Crippen LogP contribution in [0.25, 0.3) is 22.2 Å². The second kappa shape index (κ2) is 6.90.